The summed E-state index contributed by atoms with van der Waals surface area (Å²) in [5.41, 5.74) is 2.06. The van der Waals surface area contributed by atoms with Gasteiger partial charge in [-0.3, -0.25) is 0 Å². The molecule has 0 atom stereocenters. The first-order chi connectivity index (χ1) is 16.1. The Morgan fingerprint density at radius 3 is 1.21 bits per heavy atom. The SMILES string of the molecule is CCCCCCCCCCCCCCCCCCSc1cc(C(C)(C)C)c(O)c(C(C)(C)C)c1. The molecule has 0 spiro atoms. The predicted molar refractivity (Wildman–Crippen MR) is 156 cm³/mol. The molecule has 0 aromatic heterocycles. The van der Waals surface area contributed by atoms with Crippen molar-refractivity contribution in [3.05, 3.63) is 23.3 Å². The van der Waals surface area contributed by atoms with E-state index in [1.54, 1.807) is 0 Å². The Balaban J connectivity index is 2.15. The Labute approximate surface area is 218 Å². The van der Waals surface area contributed by atoms with Crippen LogP contribution in [-0.2, 0) is 10.8 Å². The van der Waals surface area contributed by atoms with E-state index in [2.05, 4.69) is 60.6 Å². The first kappa shape index (κ1) is 31.4. The normalized spacial score (nSPS) is 12.4. The van der Waals surface area contributed by atoms with E-state index in [9.17, 15) is 5.11 Å². The van der Waals surface area contributed by atoms with Crippen molar-refractivity contribution < 1.29 is 5.11 Å². The first-order valence-electron chi connectivity index (χ1n) is 14.6. The van der Waals surface area contributed by atoms with E-state index in [-0.39, 0.29) is 10.8 Å². The third kappa shape index (κ3) is 13.5. The molecule has 1 aromatic rings. The van der Waals surface area contributed by atoms with Crippen molar-refractivity contribution in [2.75, 3.05) is 5.75 Å². The van der Waals surface area contributed by atoms with Gasteiger partial charge in [0.15, 0.2) is 0 Å². The standard InChI is InChI=1S/C32H58OS/c1-8-9-10-11-12-13-14-15-16-17-18-19-20-21-22-23-24-34-27-25-28(31(2,3)4)30(33)29(26-27)32(5,6)7/h25-26,33H,8-24H2,1-7H3. The van der Waals surface area contributed by atoms with Crippen molar-refractivity contribution in [2.24, 2.45) is 0 Å². The van der Waals surface area contributed by atoms with Gasteiger partial charge in [-0.2, -0.15) is 0 Å². The van der Waals surface area contributed by atoms with E-state index in [0.29, 0.717) is 5.75 Å². The van der Waals surface area contributed by atoms with E-state index >= 15 is 0 Å². The molecule has 0 heterocycles. The number of hydrogen-bond acceptors (Lipinski definition) is 2. The Hall–Kier alpha value is -0.630. The zero-order chi connectivity index (χ0) is 25.5. The third-order valence-electron chi connectivity index (χ3n) is 6.97. The van der Waals surface area contributed by atoms with Gasteiger partial charge in [0.2, 0.25) is 0 Å². The fourth-order valence-electron chi connectivity index (χ4n) is 4.67. The fourth-order valence-corrected chi connectivity index (χ4v) is 5.66. The number of rotatable bonds is 18. The van der Waals surface area contributed by atoms with E-state index in [4.69, 9.17) is 0 Å². The maximum atomic E-state index is 10.9. The lowest BCUT2D eigenvalue weighted by Crippen LogP contribution is -2.17. The summed E-state index contributed by atoms with van der Waals surface area (Å²) in [4.78, 5) is 1.31. The van der Waals surface area contributed by atoms with Crippen LogP contribution >= 0.6 is 11.8 Å². The van der Waals surface area contributed by atoms with Crippen LogP contribution in [0.1, 0.15) is 162 Å². The van der Waals surface area contributed by atoms with Crippen LogP contribution in [0.5, 0.6) is 5.75 Å². The Kier molecular flexibility index (Phi) is 15.6. The molecule has 34 heavy (non-hydrogen) atoms. The molecule has 0 aliphatic rings. The molecule has 0 bridgehead atoms. The first-order valence-corrected chi connectivity index (χ1v) is 15.6. The van der Waals surface area contributed by atoms with Gasteiger partial charge in [0.25, 0.3) is 0 Å². The van der Waals surface area contributed by atoms with Crippen molar-refractivity contribution in [3.63, 3.8) is 0 Å². The Morgan fingerprint density at radius 2 is 0.882 bits per heavy atom. The molecule has 1 rings (SSSR count). The molecule has 0 aliphatic heterocycles. The topological polar surface area (TPSA) is 20.2 Å². The third-order valence-corrected chi connectivity index (χ3v) is 8.03. The van der Waals surface area contributed by atoms with Gasteiger partial charge in [-0.1, -0.05) is 145 Å². The fraction of sp³-hybridized carbons (Fsp3) is 0.812. The lowest BCUT2D eigenvalue weighted by molar-refractivity contribution is 0.422. The van der Waals surface area contributed by atoms with E-state index in [0.717, 1.165) is 11.1 Å². The molecule has 1 N–H and O–H groups in total. The van der Waals surface area contributed by atoms with Gasteiger partial charge in [0, 0.05) is 16.0 Å². The molecular weight excluding hydrogens is 432 g/mol. The van der Waals surface area contributed by atoms with Crippen LogP contribution in [0.3, 0.4) is 0 Å². The number of aromatic hydroxyl groups is 1. The molecule has 198 valence electrons. The molecule has 0 saturated heterocycles. The van der Waals surface area contributed by atoms with E-state index < -0.39 is 0 Å². The summed E-state index contributed by atoms with van der Waals surface area (Å²) in [6, 6.07) is 4.45. The second-order valence-corrected chi connectivity index (χ2v) is 13.7. The minimum Gasteiger partial charge on any atom is -0.507 e. The van der Waals surface area contributed by atoms with Crippen LogP contribution < -0.4 is 0 Å². The number of unbranched alkanes of at least 4 members (excludes halogenated alkanes) is 15. The monoisotopic (exact) mass is 490 g/mol. The van der Waals surface area contributed by atoms with Gasteiger partial charge in [-0.05, 0) is 35.1 Å². The average molecular weight is 491 g/mol. The summed E-state index contributed by atoms with van der Waals surface area (Å²) in [6.45, 7) is 15.5. The number of phenolic OH excluding ortho intramolecular Hbond substituents is 1. The molecule has 0 unspecified atom stereocenters. The number of thioether (sulfide) groups is 1. The van der Waals surface area contributed by atoms with E-state index in [1.807, 2.05) is 11.8 Å². The lowest BCUT2D eigenvalue weighted by atomic mass is 9.79. The zero-order valence-electron chi connectivity index (χ0n) is 24.0. The van der Waals surface area contributed by atoms with Gasteiger partial charge in [0.1, 0.15) is 5.75 Å². The minimum absolute atomic E-state index is 0.0467. The molecule has 0 fully saturated rings. The smallest absolute Gasteiger partial charge is 0.123 e. The van der Waals surface area contributed by atoms with Gasteiger partial charge in [0.05, 0.1) is 0 Å². The van der Waals surface area contributed by atoms with Crippen LogP contribution in [0.25, 0.3) is 0 Å². The van der Waals surface area contributed by atoms with Gasteiger partial charge in [-0.15, -0.1) is 11.8 Å². The number of phenols is 1. The highest BCUT2D eigenvalue weighted by Gasteiger charge is 2.26. The zero-order valence-corrected chi connectivity index (χ0v) is 24.8. The summed E-state index contributed by atoms with van der Waals surface area (Å²) in [7, 11) is 0. The lowest BCUT2D eigenvalue weighted by Gasteiger charge is -2.28. The van der Waals surface area contributed by atoms with Crippen LogP contribution in [0, 0.1) is 0 Å². The molecule has 1 nitrogen and oxygen atoms in total. The molecule has 0 amide bonds. The van der Waals surface area contributed by atoms with E-state index in [1.165, 1.54) is 113 Å². The molecular formula is C32H58OS. The van der Waals surface area contributed by atoms with Crippen LogP contribution in [0.2, 0.25) is 0 Å². The molecule has 0 radical (unpaired) electrons. The van der Waals surface area contributed by atoms with Crippen LogP contribution in [0.4, 0.5) is 0 Å². The van der Waals surface area contributed by atoms with Crippen LogP contribution in [0.15, 0.2) is 17.0 Å². The number of benzene rings is 1. The van der Waals surface area contributed by atoms with Crippen molar-refractivity contribution in [1.29, 1.82) is 0 Å². The highest BCUT2D eigenvalue weighted by atomic mass is 32.2. The largest absolute Gasteiger partial charge is 0.507 e. The maximum absolute atomic E-state index is 10.9. The van der Waals surface area contributed by atoms with Gasteiger partial charge in [-0.25, -0.2) is 0 Å². The molecule has 0 saturated carbocycles. The molecule has 1 aromatic carbocycles. The molecule has 0 aliphatic carbocycles. The summed E-state index contributed by atoms with van der Waals surface area (Å²) >= 11 is 1.97. The highest BCUT2D eigenvalue weighted by molar-refractivity contribution is 7.99. The van der Waals surface area contributed by atoms with Crippen molar-refractivity contribution >= 4 is 11.8 Å². The van der Waals surface area contributed by atoms with Gasteiger partial charge < -0.3 is 5.11 Å². The summed E-state index contributed by atoms with van der Waals surface area (Å²) in [5.74, 6) is 1.67. The average Bonchev–Trinajstić information content (AvgIpc) is 2.75. The van der Waals surface area contributed by atoms with Crippen molar-refractivity contribution in [2.45, 2.75) is 167 Å². The van der Waals surface area contributed by atoms with Crippen LogP contribution in [-0.4, -0.2) is 10.9 Å². The second-order valence-electron chi connectivity index (χ2n) is 12.5. The molecule has 2 heteroatoms. The van der Waals surface area contributed by atoms with Crippen molar-refractivity contribution in [1.82, 2.24) is 0 Å². The minimum atomic E-state index is -0.0467. The summed E-state index contributed by atoms with van der Waals surface area (Å²) in [6.07, 6.45) is 22.7. The maximum Gasteiger partial charge on any atom is 0.123 e. The predicted octanol–water partition coefficient (Wildman–Crippen LogP) is 11.3. The Bertz CT molecular complexity index is 615. The highest BCUT2D eigenvalue weighted by Crippen LogP contribution is 2.41. The number of hydrogen-bond donors (Lipinski definition) is 1. The quantitative estimate of drug-likeness (QED) is 0.163. The van der Waals surface area contributed by atoms with Crippen molar-refractivity contribution in [3.8, 4) is 5.75 Å². The van der Waals surface area contributed by atoms with Gasteiger partial charge >= 0.3 is 0 Å². The second kappa shape index (κ2) is 16.9. The Morgan fingerprint density at radius 1 is 0.559 bits per heavy atom. The summed E-state index contributed by atoms with van der Waals surface area (Å²) in [5, 5.41) is 10.9. The summed E-state index contributed by atoms with van der Waals surface area (Å²) < 4.78 is 0.